The number of nitrogens with zero attached hydrogens (tertiary/aromatic N) is 2. The molecule has 0 unspecified atom stereocenters. The highest BCUT2D eigenvalue weighted by Gasteiger charge is 2.33. The third-order valence-corrected chi connectivity index (χ3v) is 9.11. The number of halogens is 1. The lowest BCUT2D eigenvalue weighted by molar-refractivity contribution is -0.139. The van der Waals surface area contributed by atoms with Crippen molar-refractivity contribution in [2.75, 3.05) is 10.8 Å². The highest BCUT2D eigenvalue weighted by atomic mass is 35.5. The van der Waals surface area contributed by atoms with Crippen molar-refractivity contribution in [3.63, 3.8) is 0 Å². The van der Waals surface area contributed by atoms with Crippen molar-refractivity contribution in [3.05, 3.63) is 95.0 Å². The fourth-order valence-electron chi connectivity index (χ4n) is 4.72. The topological polar surface area (TPSA) is 86.8 Å². The lowest BCUT2D eigenvalue weighted by Crippen LogP contribution is -2.52. The molecule has 0 bridgehead atoms. The quantitative estimate of drug-likeness (QED) is 0.359. The molecule has 0 spiro atoms. The summed E-state index contributed by atoms with van der Waals surface area (Å²) in [6, 6.07) is 21.4. The zero-order valence-corrected chi connectivity index (χ0v) is 23.8. The van der Waals surface area contributed by atoms with E-state index in [1.165, 1.54) is 17.0 Å². The SMILES string of the molecule is Cc1ccc(S(=O)(=O)N(CC(=O)N(Cc2ccc(Cl)cc2)[C@H](C)C(=O)NC2CCCC2)c2ccccc2)cc1. The number of para-hydroxylation sites is 1. The smallest absolute Gasteiger partial charge is 0.264 e. The number of hydrogen-bond donors (Lipinski definition) is 1. The maximum absolute atomic E-state index is 13.9. The Bertz CT molecular complexity index is 1370. The molecule has 4 rings (SSSR count). The lowest BCUT2D eigenvalue weighted by atomic mass is 10.1. The van der Waals surface area contributed by atoms with Gasteiger partial charge >= 0.3 is 0 Å². The number of carbonyl (C=O) groups is 2. The summed E-state index contributed by atoms with van der Waals surface area (Å²) in [5.41, 5.74) is 2.06. The Hall–Kier alpha value is -3.36. The van der Waals surface area contributed by atoms with E-state index in [0.717, 1.165) is 41.1 Å². The minimum absolute atomic E-state index is 0.0843. The van der Waals surface area contributed by atoms with Crippen molar-refractivity contribution in [1.82, 2.24) is 10.2 Å². The number of nitrogens with one attached hydrogen (secondary N) is 1. The second kappa shape index (κ2) is 12.7. The number of hydrogen-bond acceptors (Lipinski definition) is 4. The van der Waals surface area contributed by atoms with E-state index in [2.05, 4.69) is 5.32 Å². The van der Waals surface area contributed by atoms with Gasteiger partial charge in [-0.3, -0.25) is 13.9 Å². The normalized spacial score (nSPS) is 14.5. The van der Waals surface area contributed by atoms with Gasteiger partial charge in [0.15, 0.2) is 0 Å². The number of carbonyl (C=O) groups excluding carboxylic acids is 2. The molecule has 0 heterocycles. The van der Waals surface area contributed by atoms with Crippen molar-refractivity contribution in [1.29, 1.82) is 0 Å². The predicted molar refractivity (Wildman–Crippen MR) is 154 cm³/mol. The molecular formula is C30H34ClN3O4S. The number of sulfonamides is 1. The molecule has 39 heavy (non-hydrogen) atoms. The largest absolute Gasteiger partial charge is 0.352 e. The summed E-state index contributed by atoms with van der Waals surface area (Å²) in [5, 5.41) is 3.63. The summed E-state index contributed by atoms with van der Waals surface area (Å²) >= 11 is 6.06. The van der Waals surface area contributed by atoms with E-state index in [4.69, 9.17) is 11.6 Å². The van der Waals surface area contributed by atoms with Gasteiger partial charge in [-0.25, -0.2) is 8.42 Å². The van der Waals surface area contributed by atoms with Crippen LogP contribution in [0.3, 0.4) is 0 Å². The first-order chi connectivity index (χ1) is 18.6. The lowest BCUT2D eigenvalue weighted by Gasteiger charge is -2.32. The minimum Gasteiger partial charge on any atom is -0.352 e. The van der Waals surface area contributed by atoms with Gasteiger partial charge in [-0.15, -0.1) is 0 Å². The molecule has 1 aliphatic rings. The molecule has 3 aromatic rings. The number of benzene rings is 3. The van der Waals surface area contributed by atoms with E-state index >= 15 is 0 Å². The van der Waals surface area contributed by atoms with Crippen LogP contribution in [0.5, 0.6) is 0 Å². The van der Waals surface area contributed by atoms with Crippen LogP contribution >= 0.6 is 11.6 Å². The van der Waals surface area contributed by atoms with Gasteiger partial charge in [-0.05, 0) is 68.7 Å². The molecule has 0 saturated heterocycles. The number of rotatable bonds is 10. The maximum Gasteiger partial charge on any atom is 0.264 e. The highest BCUT2D eigenvalue weighted by Crippen LogP contribution is 2.25. The Morgan fingerprint density at radius 3 is 2.18 bits per heavy atom. The Morgan fingerprint density at radius 1 is 0.949 bits per heavy atom. The van der Waals surface area contributed by atoms with Gasteiger partial charge in [-0.1, -0.05) is 72.5 Å². The summed E-state index contributed by atoms with van der Waals surface area (Å²) in [6.45, 7) is 3.22. The first-order valence-corrected chi connectivity index (χ1v) is 15.0. The zero-order chi connectivity index (χ0) is 28.0. The molecule has 0 aliphatic heterocycles. The molecule has 3 aromatic carbocycles. The Morgan fingerprint density at radius 2 is 1.56 bits per heavy atom. The molecule has 1 aliphatic carbocycles. The second-order valence-corrected chi connectivity index (χ2v) is 12.3. The summed E-state index contributed by atoms with van der Waals surface area (Å²) in [7, 11) is -4.07. The van der Waals surface area contributed by atoms with E-state index in [-0.39, 0.29) is 23.4 Å². The maximum atomic E-state index is 13.9. The summed E-state index contributed by atoms with van der Waals surface area (Å²) in [4.78, 5) is 28.7. The average molecular weight is 568 g/mol. The van der Waals surface area contributed by atoms with Gasteiger partial charge in [0.05, 0.1) is 10.6 Å². The molecule has 206 valence electrons. The van der Waals surface area contributed by atoms with Crippen molar-refractivity contribution in [2.24, 2.45) is 0 Å². The zero-order valence-electron chi connectivity index (χ0n) is 22.2. The van der Waals surface area contributed by atoms with Gasteiger partial charge in [0.1, 0.15) is 12.6 Å². The summed E-state index contributed by atoms with van der Waals surface area (Å²) < 4.78 is 28.7. The van der Waals surface area contributed by atoms with Crippen LogP contribution in [0.25, 0.3) is 0 Å². The highest BCUT2D eigenvalue weighted by molar-refractivity contribution is 7.92. The number of anilines is 1. The average Bonchev–Trinajstić information content (AvgIpc) is 3.44. The molecule has 2 amide bonds. The van der Waals surface area contributed by atoms with E-state index < -0.39 is 28.5 Å². The van der Waals surface area contributed by atoms with Crippen molar-refractivity contribution < 1.29 is 18.0 Å². The van der Waals surface area contributed by atoms with Gasteiger partial charge in [0.2, 0.25) is 11.8 Å². The van der Waals surface area contributed by atoms with Crippen LogP contribution in [0.4, 0.5) is 5.69 Å². The molecule has 1 atom stereocenters. The van der Waals surface area contributed by atoms with E-state index in [0.29, 0.717) is 10.7 Å². The van der Waals surface area contributed by atoms with Crippen molar-refractivity contribution >= 4 is 39.1 Å². The van der Waals surface area contributed by atoms with Crippen LogP contribution in [0, 0.1) is 6.92 Å². The van der Waals surface area contributed by atoms with E-state index in [1.807, 2.05) is 6.92 Å². The fourth-order valence-corrected chi connectivity index (χ4v) is 6.26. The van der Waals surface area contributed by atoms with Crippen LogP contribution in [-0.4, -0.2) is 43.8 Å². The Balaban J connectivity index is 1.66. The fraction of sp³-hybridized carbons (Fsp3) is 0.333. The Kier molecular flexibility index (Phi) is 9.30. The van der Waals surface area contributed by atoms with E-state index in [1.54, 1.807) is 73.7 Å². The van der Waals surface area contributed by atoms with Gasteiger partial charge in [-0.2, -0.15) is 0 Å². The molecule has 9 heteroatoms. The Labute approximate surface area is 235 Å². The summed E-state index contributed by atoms with van der Waals surface area (Å²) in [6.07, 6.45) is 3.96. The van der Waals surface area contributed by atoms with Gasteiger partial charge in [0.25, 0.3) is 10.0 Å². The molecule has 0 aromatic heterocycles. The summed E-state index contributed by atoms with van der Waals surface area (Å²) in [5.74, 6) is -0.740. The van der Waals surface area contributed by atoms with Crippen LogP contribution in [-0.2, 0) is 26.2 Å². The third kappa shape index (κ3) is 7.19. The van der Waals surface area contributed by atoms with Gasteiger partial charge < -0.3 is 10.2 Å². The monoisotopic (exact) mass is 567 g/mol. The number of amides is 2. The molecule has 1 N–H and O–H groups in total. The standard InChI is InChI=1S/C30H34ClN3O4S/c1-22-12-18-28(19-13-22)39(37,38)34(27-10-4-3-5-11-27)21-29(35)33(20-24-14-16-25(31)17-15-24)23(2)30(36)32-26-8-6-7-9-26/h3-5,10-19,23,26H,6-9,20-21H2,1-2H3,(H,32,36)/t23-/m1/s1. The van der Waals surface area contributed by atoms with Crippen LogP contribution in [0.15, 0.2) is 83.8 Å². The first kappa shape index (κ1) is 28.6. The van der Waals surface area contributed by atoms with Crippen LogP contribution < -0.4 is 9.62 Å². The van der Waals surface area contributed by atoms with Crippen LogP contribution in [0.1, 0.15) is 43.7 Å². The minimum atomic E-state index is -4.07. The van der Waals surface area contributed by atoms with Crippen molar-refractivity contribution in [3.8, 4) is 0 Å². The van der Waals surface area contributed by atoms with Crippen LogP contribution in [0.2, 0.25) is 5.02 Å². The molecule has 1 saturated carbocycles. The molecule has 0 radical (unpaired) electrons. The molecular weight excluding hydrogens is 534 g/mol. The first-order valence-electron chi connectivity index (χ1n) is 13.1. The molecule has 7 nitrogen and oxygen atoms in total. The molecule has 1 fully saturated rings. The third-order valence-electron chi connectivity index (χ3n) is 7.07. The van der Waals surface area contributed by atoms with Gasteiger partial charge in [0, 0.05) is 17.6 Å². The second-order valence-electron chi connectivity index (χ2n) is 9.97. The van der Waals surface area contributed by atoms with E-state index in [9.17, 15) is 18.0 Å². The van der Waals surface area contributed by atoms with Crippen molar-refractivity contribution in [2.45, 2.75) is 63.1 Å². The number of aryl methyl sites for hydroxylation is 1. The predicted octanol–water partition coefficient (Wildman–Crippen LogP) is 5.32.